The van der Waals surface area contributed by atoms with E-state index in [1.807, 2.05) is 13.0 Å². The molecule has 8 heteroatoms. The number of aromatic nitrogens is 1. The number of nitrogens with zero attached hydrogens (tertiary/aromatic N) is 1. The minimum absolute atomic E-state index is 0.000257. The van der Waals surface area contributed by atoms with Gasteiger partial charge in [0.05, 0.1) is 22.7 Å². The Balaban J connectivity index is 2.48. The molecule has 1 heterocycles. The number of hydrogen-bond donors (Lipinski definition) is 5. The fourth-order valence-corrected chi connectivity index (χ4v) is 2.86. The molecule has 0 bridgehead atoms. The van der Waals surface area contributed by atoms with Crippen molar-refractivity contribution >= 4 is 17.4 Å². The van der Waals surface area contributed by atoms with Gasteiger partial charge >= 0.3 is 0 Å². The molecule has 1 rings (SSSR count). The SMILES string of the molecule is C/C(=C\CC[C@@](C)(Cl)[C@H](O)Cc1c[nH]c(N([O-])O)c1)CC[C@@H](O)C(C)(C)O. The Morgan fingerprint density at radius 2 is 1.96 bits per heavy atom. The Morgan fingerprint density at radius 3 is 2.48 bits per heavy atom. The molecule has 3 atom stereocenters. The molecule has 27 heavy (non-hydrogen) atoms. The highest BCUT2D eigenvalue weighted by Gasteiger charge is 2.30. The topological polar surface area (TPSA) is 123 Å². The summed E-state index contributed by atoms with van der Waals surface area (Å²) in [6, 6.07) is 1.46. The Hall–Kier alpha value is -1.09. The van der Waals surface area contributed by atoms with Crippen LogP contribution in [0.3, 0.4) is 0 Å². The summed E-state index contributed by atoms with van der Waals surface area (Å²) in [5.74, 6) is 0.000257. The van der Waals surface area contributed by atoms with Gasteiger partial charge in [0.2, 0.25) is 0 Å². The van der Waals surface area contributed by atoms with Crippen molar-refractivity contribution in [2.45, 2.75) is 82.5 Å². The fraction of sp³-hybridized carbons (Fsp3) is 0.684. The van der Waals surface area contributed by atoms with Gasteiger partial charge in [-0.15, -0.1) is 11.6 Å². The standard InChI is InChI=1S/C19H32ClN2O5/c1-13(7-8-15(23)18(2,3)25)6-5-9-19(4,20)16(24)10-14-11-17(21-12-14)22(26)27/h6,11-12,15-16,21,23-26H,5,7-10H2,1-4H3/q-1/b13-6+/t15-,16-,19-/m1/s1. The van der Waals surface area contributed by atoms with Crippen molar-refractivity contribution in [3.63, 3.8) is 0 Å². The van der Waals surface area contributed by atoms with Gasteiger partial charge in [-0.25, -0.2) is 0 Å². The molecule has 0 radical (unpaired) electrons. The molecule has 0 aliphatic carbocycles. The van der Waals surface area contributed by atoms with Crippen molar-refractivity contribution in [3.05, 3.63) is 34.7 Å². The van der Waals surface area contributed by atoms with Gasteiger partial charge in [-0.3, -0.25) is 5.21 Å². The van der Waals surface area contributed by atoms with Gasteiger partial charge in [0.25, 0.3) is 0 Å². The number of H-pyrrole nitrogens is 1. The quantitative estimate of drug-likeness (QED) is 0.219. The minimum atomic E-state index is -1.11. The summed E-state index contributed by atoms with van der Waals surface area (Å²) in [5, 5.41) is 49.4. The van der Waals surface area contributed by atoms with E-state index in [0.717, 1.165) is 5.57 Å². The lowest BCUT2D eigenvalue weighted by Crippen LogP contribution is -2.35. The molecule has 0 saturated carbocycles. The number of aliphatic hydroxyl groups excluding tert-OH is 2. The van der Waals surface area contributed by atoms with Crippen LogP contribution in [0.4, 0.5) is 5.82 Å². The van der Waals surface area contributed by atoms with E-state index < -0.39 is 22.7 Å². The van der Waals surface area contributed by atoms with Crippen LogP contribution in [0, 0.1) is 5.21 Å². The van der Waals surface area contributed by atoms with E-state index >= 15 is 0 Å². The number of halogens is 1. The van der Waals surface area contributed by atoms with Crippen LogP contribution < -0.4 is 5.23 Å². The summed E-state index contributed by atoms with van der Waals surface area (Å²) in [4.78, 5) is 1.77. The molecule has 0 saturated heterocycles. The number of allylic oxidation sites excluding steroid dienone is 2. The van der Waals surface area contributed by atoms with Crippen LogP contribution >= 0.6 is 11.6 Å². The Kier molecular flexibility index (Phi) is 8.79. The highest BCUT2D eigenvalue weighted by molar-refractivity contribution is 6.24. The third-order valence-electron chi connectivity index (χ3n) is 4.81. The Labute approximate surface area is 165 Å². The number of hydrogen-bond acceptors (Lipinski definition) is 6. The first-order valence-electron chi connectivity index (χ1n) is 9.09. The summed E-state index contributed by atoms with van der Waals surface area (Å²) in [7, 11) is 0. The van der Waals surface area contributed by atoms with Crippen molar-refractivity contribution in [2.24, 2.45) is 0 Å². The summed E-state index contributed by atoms with van der Waals surface area (Å²) < 4.78 is 0. The largest absolute Gasteiger partial charge is 0.732 e. The van der Waals surface area contributed by atoms with Crippen molar-refractivity contribution in [1.82, 2.24) is 4.98 Å². The number of alkyl halides is 1. The van der Waals surface area contributed by atoms with Gasteiger partial charge in [-0.05, 0) is 65.0 Å². The zero-order chi connectivity index (χ0) is 20.8. The molecule has 1 aromatic rings. The Bertz CT molecular complexity index is 607. The third kappa shape index (κ3) is 8.21. The predicted octanol–water partition coefficient (Wildman–Crippen LogP) is 3.25. The first kappa shape index (κ1) is 23.9. The van der Waals surface area contributed by atoms with Gasteiger partial charge in [0.15, 0.2) is 0 Å². The summed E-state index contributed by atoms with van der Waals surface area (Å²) in [5.41, 5.74) is 0.650. The first-order valence-corrected chi connectivity index (χ1v) is 9.47. The molecule has 0 unspecified atom stereocenters. The van der Waals surface area contributed by atoms with Crippen molar-refractivity contribution in [3.8, 4) is 0 Å². The maximum Gasteiger partial charge on any atom is 0.119 e. The smallest absolute Gasteiger partial charge is 0.119 e. The van der Waals surface area contributed by atoms with Crippen LogP contribution in [-0.2, 0) is 6.42 Å². The maximum atomic E-state index is 10.8. The second-order valence-electron chi connectivity index (χ2n) is 7.96. The monoisotopic (exact) mass is 403 g/mol. The Morgan fingerprint density at radius 1 is 1.33 bits per heavy atom. The molecule has 0 aliphatic rings. The van der Waals surface area contributed by atoms with Crippen LogP contribution in [0.1, 0.15) is 58.9 Å². The summed E-state index contributed by atoms with van der Waals surface area (Å²) in [6.45, 7) is 6.89. The minimum Gasteiger partial charge on any atom is -0.732 e. The molecule has 1 aromatic heterocycles. The normalized spacial score (nSPS) is 17.5. The van der Waals surface area contributed by atoms with Crippen LogP contribution in [-0.4, -0.2) is 48.2 Å². The molecule has 7 nitrogen and oxygen atoms in total. The van der Waals surface area contributed by atoms with Crippen LogP contribution in [0.2, 0.25) is 0 Å². The molecule has 156 valence electrons. The fourth-order valence-electron chi connectivity index (χ4n) is 2.68. The summed E-state index contributed by atoms with van der Waals surface area (Å²) >= 11 is 6.49. The molecular weight excluding hydrogens is 372 g/mol. The molecule has 0 fully saturated rings. The zero-order valence-electron chi connectivity index (χ0n) is 16.4. The average molecular weight is 404 g/mol. The molecule has 5 N–H and O–H groups in total. The van der Waals surface area contributed by atoms with E-state index in [9.17, 15) is 20.5 Å². The van der Waals surface area contributed by atoms with Crippen molar-refractivity contribution in [2.75, 3.05) is 5.23 Å². The van der Waals surface area contributed by atoms with Crippen molar-refractivity contribution < 1.29 is 20.5 Å². The average Bonchev–Trinajstić information content (AvgIpc) is 3.00. The zero-order valence-corrected chi connectivity index (χ0v) is 17.2. The third-order valence-corrected chi connectivity index (χ3v) is 5.25. The number of aliphatic hydroxyl groups is 3. The molecule has 0 aromatic carbocycles. The van der Waals surface area contributed by atoms with E-state index in [2.05, 4.69) is 4.98 Å². The van der Waals surface area contributed by atoms with Gasteiger partial charge in [0, 0.05) is 12.6 Å². The summed E-state index contributed by atoms with van der Waals surface area (Å²) in [6.07, 6.45) is 4.59. The van der Waals surface area contributed by atoms with E-state index in [0.29, 0.717) is 31.2 Å². The molecule has 0 amide bonds. The first-order chi connectivity index (χ1) is 12.3. The second kappa shape index (κ2) is 9.91. The lowest BCUT2D eigenvalue weighted by atomic mass is 9.92. The van der Waals surface area contributed by atoms with Crippen LogP contribution in [0.25, 0.3) is 0 Å². The van der Waals surface area contributed by atoms with Crippen LogP contribution in [0.5, 0.6) is 0 Å². The van der Waals surface area contributed by atoms with Gasteiger partial charge in [-0.2, -0.15) is 0 Å². The van der Waals surface area contributed by atoms with Crippen molar-refractivity contribution in [1.29, 1.82) is 0 Å². The van der Waals surface area contributed by atoms with Gasteiger partial charge < -0.3 is 30.7 Å². The molecule has 0 aliphatic heterocycles. The van der Waals surface area contributed by atoms with E-state index in [1.54, 1.807) is 27.0 Å². The number of aromatic amines is 1. The molecule has 0 spiro atoms. The van der Waals surface area contributed by atoms with Gasteiger partial charge in [-0.1, -0.05) is 11.6 Å². The predicted molar refractivity (Wildman–Crippen MR) is 107 cm³/mol. The lowest BCUT2D eigenvalue weighted by molar-refractivity contribution is -0.0509. The molecular formula is C19H32ClN2O5-. The van der Waals surface area contributed by atoms with Crippen LogP contribution in [0.15, 0.2) is 23.9 Å². The maximum absolute atomic E-state index is 10.8. The number of rotatable bonds is 11. The second-order valence-corrected chi connectivity index (χ2v) is 8.82. The number of anilines is 1. The highest BCUT2D eigenvalue weighted by atomic mass is 35.5. The highest BCUT2D eigenvalue weighted by Crippen LogP contribution is 2.29. The van der Waals surface area contributed by atoms with E-state index in [4.69, 9.17) is 16.8 Å². The van der Waals surface area contributed by atoms with E-state index in [-0.39, 0.29) is 17.5 Å². The van der Waals surface area contributed by atoms with Gasteiger partial charge in [0.1, 0.15) is 5.82 Å². The lowest BCUT2D eigenvalue weighted by Gasteiger charge is -2.28. The van der Waals surface area contributed by atoms with E-state index in [1.165, 1.54) is 6.07 Å². The number of nitrogens with one attached hydrogen (secondary N) is 1.